The van der Waals surface area contributed by atoms with Gasteiger partial charge in [-0.3, -0.25) is 9.69 Å². The van der Waals surface area contributed by atoms with E-state index in [2.05, 4.69) is 9.24 Å². The largest absolute Gasteiger partial charge is 0.480 e. The molecule has 2 atom stereocenters. The van der Waals surface area contributed by atoms with E-state index >= 15 is 0 Å². The molecule has 0 bridgehead atoms. The lowest BCUT2D eigenvalue weighted by Crippen LogP contribution is -2.38. The number of anilines is 1. The summed E-state index contributed by atoms with van der Waals surface area (Å²) in [6.07, 6.45) is 1.54. The maximum atomic E-state index is 11.7. The second-order valence-corrected chi connectivity index (χ2v) is 4.44. The number of carbonyl (C=O) groups excluding carboxylic acids is 1. The summed E-state index contributed by atoms with van der Waals surface area (Å²) in [6.45, 7) is 0. The van der Waals surface area contributed by atoms with Crippen molar-refractivity contribution in [2.75, 3.05) is 4.90 Å². The first kappa shape index (κ1) is 12.1. The smallest absolute Gasteiger partial charge is 0.326 e. The highest BCUT2D eigenvalue weighted by molar-refractivity contribution is 7.15. The number of hydrogen-bond acceptors (Lipinski definition) is 2. The molecule has 0 saturated carbocycles. The van der Waals surface area contributed by atoms with Gasteiger partial charge in [-0.05, 0) is 30.3 Å². The average molecular weight is 251 g/mol. The average Bonchev–Trinajstić information content (AvgIpc) is 2.71. The SMILES string of the molecule is O=C(O)[C@@H]1CCC(=O)N1c1ccc(CP)cc1. The fraction of sp³-hybridized carbons (Fsp3) is 0.333. The first-order valence-electron chi connectivity index (χ1n) is 5.47. The van der Waals surface area contributed by atoms with Crippen LogP contribution in [0.5, 0.6) is 0 Å². The van der Waals surface area contributed by atoms with E-state index in [4.69, 9.17) is 5.11 Å². The molecule has 1 N–H and O–H groups in total. The molecule has 1 amide bonds. The highest BCUT2D eigenvalue weighted by Gasteiger charge is 2.36. The Morgan fingerprint density at radius 1 is 1.41 bits per heavy atom. The number of benzene rings is 1. The Morgan fingerprint density at radius 3 is 2.59 bits per heavy atom. The lowest BCUT2D eigenvalue weighted by Gasteiger charge is -2.21. The summed E-state index contributed by atoms with van der Waals surface area (Å²) in [6, 6.07) is 6.71. The van der Waals surface area contributed by atoms with Crippen LogP contribution in [0.1, 0.15) is 18.4 Å². The van der Waals surface area contributed by atoms with Crippen molar-refractivity contribution in [1.82, 2.24) is 0 Å². The molecule has 0 aliphatic carbocycles. The van der Waals surface area contributed by atoms with Crippen molar-refractivity contribution in [2.45, 2.75) is 25.0 Å². The van der Waals surface area contributed by atoms with Gasteiger partial charge in [0.05, 0.1) is 0 Å². The number of aliphatic carboxylic acids is 1. The predicted octanol–water partition coefficient (Wildman–Crippen LogP) is 1.64. The number of carboxylic acids is 1. The Labute approximate surface area is 102 Å². The van der Waals surface area contributed by atoms with Crippen molar-refractivity contribution in [1.29, 1.82) is 0 Å². The van der Waals surface area contributed by atoms with Gasteiger partial charge in [0, 0.05) is 12.1 Å². The predicted molar refractivity (Wildman–Crippen MR) is 68.0 cm³/mol. The summed E-state index contributed by atoms with van der Waals surface area (Å²) < 4.78 is 0. The standard InChI is InChI=1S/C12H14NO3P/c14-11-6-5-10(12(15)16)13(11)9-3-1-8(7-17)2-4-9/h1-4,10H,5-7,17H2,(H,15,16)/t10-/m0/s1. The lowest BCUT2D eigenvalue weighted by atomic mass is 10.2. The fourth-order valence-corrected chi connectivity index (χ4v) is 2.31. The van der Waals surface area contributed by atoms with Gasteiger partial charge >= 0.3 is 5.97 Å². The molecule has 1 aromatic carbocycles. The van der Waals surface area contributed by atoms with Gasteiger partial charge in [0.2, 0.25) is 5.91 Å². The van der Waals surface area contributed by atoms with Crippen LogP contribution in [0.4, 0.5) is 5.69 Å². The molecule has 1 fully saturated rings. The van der Waals surface area contributed by atoms with Crippen molar-refractivity contribution < 1.29 is 14.7 Å². The Hall–Kier alpha value is -1.41. The molecule has 0 aromatic heterocycles. The third-order valence-electron chi connectivity index (χ3n) is 2.95. The van der Waals surface area contributed by atoms with Crippen LogP contribution in [0.2, 0.25) is 0 Å². The molecule has 90 valence electrons. The van der Waals surface area contributed by atoms with E-state index in [1.54, 1.807) is 12.1 Å². The highest BCUT2D eigenvalue weighted by atomic mass is 31.0. The monoisotopic (exact) mass is 251 g/mol. The minimum atomic E-state index is -0.939. The quantitative estimate of drug-likeness (QED) is 0.831. The Balaban J connectivity index is 2.29. The molecule has 1 aliphatic heterocycles. The molecule has 1 saturated heterocycles. The summed E-state index contributed by atoms with van der Waals surface area (Å²) >= 11 is 0. The maximum absolute atomic E-state index is 11.7. The summed E-state index contributed by atoms with van der Waals surface area (Å²) in [7, 11) is 2.62. The van der Waals surface area contributed by atoms with Crippen molar-refractivity contribution >= 4 is 26.8 Å². The van der Waals surface area contributed by atoms with Crippen LogP contribution >= 0.6 is 9.24 Å². The van der Waals surface area contributed by atoms with Crippen molar-refractivity contribution in [2.24, 2.45) is 0 Å². The van der Waals surface area contributed by atoms with Crippen LogP contribution < -0.4 is 4.90 Å². The van der Waals surface area contributed by atoms with Gasteiger partial charge < -0.3 is 5.11 Å². The molecule has 0 spiro atoms. The molecule has 0 radical (unpaired) electrons. The van der Waals surface area contributed by atoms with Gasteiger partial charge in [-0.1, -0.05) is 12.1 Å². The maximum Gasteiger partial charge on any atom is 0.326 e. The topological polar surface area (TPSA) is 57.6 Å². The number of nitrogens with zero attached hydrogens (tertiary/aromatic N) is 1. The zero-order valence-corrected chi connectivity index (χ0v) is 10.5. The van der Waals surface area contributed by atoms with E-state index in [1.165, 1.54) is 4.90 Å². The van der Waals surface area contributed by atoms with E-state index < -0.39 is 12.0 Å². The summed E-state index contributed by atoms with van der Waals surface area (Å²) in [5.74, 6) is -1.05. The van der Waals surface area contributed by atoms with Crippen LogP contribution in [0, 0.1) is 0 Å². The number of carboxylic acid groups (broad SMARTS) is 1. The summed E-state index contributed by atoms with van der Waals surface area (Å²) in [5.41, 5.74) is 1.80. The molecular formula is C12H14NO3P. The number of amides is 1. The number of rotatable bonds is 3. The molecule has 2 rings (SSSR count). The van der Waals surface area contributed by atoms with Crippen molar-refractivity contribution in [3.05, 3.63) is 29.8 Å². The molecule has 1 aromatic rings. The van der Waals surface area contributed by atoms with E-state index in [0.717, 1.165) is 11.7 Å². The van der Waals surface area contributed by atoms with E-state index in [-0.39, 0.29) is 5.91 Å². The summed E-state index contributed by atoms with van der Waals surface area (Å²) in [4.78, 5) is 24.1. The third kappa shape index (κ3) is 2.32. The normalized spacial score (nSPS) is 19.7. The zero-order valence-electron chi connectivity index (χ0n) is 9.30. The molecule has 1 heterocycles. The second-order valence-electron chi connectivity index (χ2n) is 4.03. The summed E-state index contributed by atoms with van der Waals surface area (Å²) in [5, 5.41) is 9.07. The molecular weight excluding hydrogens is 237 g/mol. The molecule has 1 unspecified atom stereocenters. The minimum absolute atomic E-state index is 0.115. The molecule has 17 heavy (non-hydrogen) atoms. The Kier molecular flexibility index (Phi) is 3.43. The van der Waals surface area contributed by atoms with Crippen LogP contribution in [0.3, 0.4) is 0 Å². The highest BCUT2D eigenvalue weighted by Crippen LogP contribution is 2.27. The zero-order chi connectivity index (χ0) is 12.4. The van der Waals surface area contributed by atoms with Gasteiger partial charge in [0.1, 0.15) is 6.04 Å². The third-order valence-corrected chi connectivity index (χ3v) is 3.42. The van der Waals surface area contributed by atoms with Gasteiger partial charge in [-0.25, -0.2) is 4.79 Å². The number of hydrogen-bond donors (Lipinski definition) is 1. The van der Waals surface area contributed by atoms with Crippen LogP contribution in [-0.2, 0) is 15.8 Å². The van der Waals surface area contributed by atoms with E-state index in [9.17, 15) is 9.59 Å². The van der Waals surface area contributed by atoms with Gasteiger partial charge in [-0.2, -0.15) is 0 Å². The van der Waals surface area contributed by atoms with Crippen molar-refractivity contribution in [3.8, 4) is 0 Å². The van der Waals surface area contributed by atoms with E-state index in [0.29, 0.717) is 18.5 Å². The minimum Gasteiger partial charge on any atom is -0.480 e. The van der Waals surface area contributed by atoms with Crippen molar-refractivity contribution in [3.63, 3.8) is 0 Å². The molecule has 4 nitrogen and oxygen atoms in total. The number of carbonyl (C=O) groups is 2. The van der Waals surface area contributed by atoms with Crippen LogP contribution in [0.15, 0.2) is 24.3 Å². The first-order chi connectivity index (χ1) is 8.13. The molecule has 1 aliphatic rings. The Bertz CT molecular complexity index is 444. The lowest BCUT2D eigenvalue weighted by molar-refractivity contribution is -0.138. The molecule has 5 heteroatoms. The van der Waals surface area contributed by atoms with E-state index in [1.807, 2.05) is 12.1 Å². The Morgan fingerprint density at radius 2 is 2.06 bits per heavy atom. The van der Waals surface area contributed by atoms with Crippen LogP contribution in [0.25, 0.3) is 0 Å². The van der Waals surface area contributed by atoms with Gasteiger partial charge in [0.25, 0.3) is 0 Å². The first-order valence-corrected chi connectivity index (χ1v) is 6.29. The van der Waals surface area contributed by atoms with Crippen LogP contribution in [-0.4, -0.2) is 23.0 Å². The fourth-order valence-electron chi connectivity index (χ4n) is 2.03. The van der Waals surface area contributed by atoms with Gasteiger partial charge in [-0.15, -0.1) is 9.24 Å². The van der Waals surface area contributed by atoms with Gasteiger partial charge in [0.15, 0.2) is 0 Å². The second kappa shape index (κ2) is 4.84.